The summed E-state index contributed by atoms with van der Waals surface area (Å²) in [5, 5.41) is 2.84. The number of piperidine rings is 1. The number of ether oxygens (including phenoxy) is 1. The molecule has 0 bridgehead atoms. The fraction of sp³-hybridized carbons (Fsp3) is 0.350. The smallest absolute Gasteiger partial charge is 0.243 e. The molecule has 28 heavy (non-hydrogen) atoms. The number of sulfonamides is 1. The van der Waals surface area contributed by atoms with E-state index in [1.165, 1.54) is 4.31 Å². The van der Waals surface area contributed by atoms with Gasteiger partial charge in [-0.3, -0.25) is 4.79 Å². The molecule has 0 unspecified atom stereocenters. The maximum Gasteiger partial charge on any atom is 0.243 e. The summed E-state index contributed by atoms with van der Waals surface area (Å²) >= 11 is 3.31. The van der Waals surface area contributed by atoms with Crippen LogP contribution < -0.4 is 10.1 Å². The topological polar surface area (TPSA) is 75.7 Å². The normalized spacial score (nSPS) is 17.9. The Bertz CT molecular complexity index is 914. The van der Waals surface area contributed by atoms with E-state index in [1.807, 2.05) is 6.92 Å². The van der Waals surface area contributed by atoms with E-state index in [9.17, 15) is 13.2 Å². The second kappa shape index (κ2) is 9.07. The third kappa shape index (κ3) is 4.74. The molecule has 1 fully saturated rings. The highest BCUT2D eigenvalue weighted by atomic mass is 79.9. The van der Waals surface area contributed by atoms with Crippen molar-refractivity contribution in [3.8, 4) is 5.75 Å². The van der Waals surface area contributed by atoms with Crippen LogP contribution in [0.15, 0.2) is 57.9 Å². The first-order valence-corrected chi connectivity index (χ1v) is 11.5. The molecule has 0 aliphatic carbocycles. The minimum absolute atomic E-state index is 0.191. The Morgan fingerprint density at radius 2 is 1.82 bits per heavy atom. The molecule has 1 atom stereocenters. The maximum absolute atomic E-state index is 13.1. The van der Waals surface area contributed by atoms with E-state index in [-0.39, 0.29) is 10.8 Å². The minimum atomic E-state index is -3.75. The number of amides is 1. The molecule has 3 rings (SSSR count). The van der Waals surface area contributed by atoms with Crippen LogP contribution in [0.3, 0.4) is 0 Å². The molecular formula is C20H23BrN2O4S. The molecule has 2 aromatic carbocycles. The Morgan fingerprint density at radius 3 is 2.46 bits per heavy atom. The van der Waals surface area contributed by atoms with Crippen LogP contribution in [0.1, 0.15) is 26.2 Å². The van der Waals surface area contributed by atoms with Crippen LogP contribution in [0.5, 0.6) is 5.75 Å². The van der Waals surface area contributed by atoms with Gasteiger partial charge in [-0.25, -0.2) is 8.42 Å². The van der Waals surface area contributed by atoms with Crippen LogP contribution in [0.25, 0.3) is 0 Å². The number of anilines is 1. The predicted molar refractivity (Wildman–Crippen MR) is 112 cm³/mol. The van der Waals surface area contributed by atoms with Crippen molar-refractivity contribution in [1.82, 2.24) is 4.31 Å². The molecule has 1 aliphatic rings. The number of carbonyl (C=O) groups is 1. The van der Waals surface area contributed by atoms with Gasteiger partial charge in [-0.2, -0.15) is 4.31 Å². The lowest BCUT2D eigenvalue weighted by Gasteiger charge is -2.33. The molecule has 2 aromatic rings. The van der Waals surface area contributed by atoms with Crippen molar-refractivity contribution in [3.05, 3.63) is 53.0 Å². The number of hydrogen-bond donors (Lipinski definition) is 1. The van der Waals surface area contributed by atoms with Gasteiger partial charge in [0, 0.05) is 16.7 Å². The predicted octanol–water partition coefficient (Wildman–Crippen LogP) is 4.03. The van der Waals surface area contributed by atoms with Crippen LogP contribution >= 0.6 is 15.9 Å². The van der Waals surface area contributed by atoms with Gasteiger partial charge in [-0.1, -0.05) is 22.4 Å². The van der Waals surface area contributed by atoms with E-state index >= 15 is 0 Å². The SMILES string of the molecule is CCOc1ccc(NC(=O)[C@@H]2CCCCN2S(=O)(=O)c2ccc(Br)cc2)cc1. The average Bonchev–Trinajstić information content (AvgIpc) is 2.70. The average molecular weight is 467 g/mol. The van der Waals surface area contributed by atoms with Crippen LogP contribution in [0.2, 0.25) is 0 Å². The number of nitrogens with one attached hydrogen (secondary N) is 1. The summed E-state index contributed by atoms with van der Waals surface area (Å²) in [6, 6.07) is 12.8. The van der Waals surface area contributed by atoms with Gasteiger partial charge in [0.1, 0.15) is 11.8 Å². The van der Waals surface area contributed by atoms with Crippen LogP contribution in [-0.4, -0.2) is 37.8 Å². The number of nitrogens with zero attached hydrogens (tertiary/aromatic N) is 1. The zero-order valence-corrected chi connectivity index (χ0v) is 18.0. The Balaban J connectivity index is 1.78. The van der Waals surface area contributed by atoms with E-state index in [1.54, 1.807) is 48.5 Å². The fourth-order valence-electron chi connectivity index (χ4n) is 3.22. The van der Waals surface area contributed by atoms with Crippen LogP contribution in [0, 0.1) is 0 Å². The van der Waals surface area contributed by atoms with Crippen molar-refractivity contribution in [2.24, 2.45) is 0 Å². The second-order valence-electron chi connectivity index (χ2n) is 6.53. The number of rotatable bonds is 6. The first-order chi connectivity index (χ1) is 13.4. The molecule has 6 nitrogen and oxygen atoms in total. The van der Waals surface area contributed by atoms with E-state index < -0.39 is 16.1 Å². The van der Waals surface area contributed by atoms with Gasteiger partial charge < -0.3 is 10.1 Å². The number of hydrogen-bond acceptors (Lipinski definition) is 4. The molecule has 1 amide bonds. The molecule has 0 spiro atoms. The van der Waals surface area contributed by atoms with Crippen LogP contribution in [0.4, 0.5) is 5.69 Å². The molecule has 1 N–H and O–H groups in total. The van der Waals surface area contributed by atoms with Gasteiger partial charge in [-0.15, -0.1) is 0 Å². The van der Waals surface area contributed by atoms with Gasteiger partial charge in [-0.05, 0) is 68.3 Å². The van der Waals surface area contributed by atoms with Gasteiger partial charge in [0.15, 0.2) is 0 Å². The van der Waals surface area contributed by atoms with Gasteiger partial charge >= 0.3 is 0 Å². The van der Waals surface area contributed by atoms with Crippen molar-refractivity contribution in [1.29, 1.82) is 0 Å². The molecule has 8 heteroatoms. The second-order valence-corrected chi connectivity index (χ2v) is 9.33. The molecule has 1 heterocycles. The Morgan fingerprint density at radius 1 is 1.14 bits per heavy atom. The zero-order chi connectivity index (χ0) is 20.1. The Kier molecular flexibility index (Phi) is 6.74. The summed E-state index contributed by atoms with van der Waals surface area (Å²) in [6.07, 6.45) is 2.05. The third-order valence-corrected chi connectivity index (χ3v) is 7.06. The highest BCUT2D eigenvalue weighted by molar-refractivity contribution is 9.10. The first kappa shape index (κ1) is 20.8. The van der Waals surface area contributed by atoms with Crippen molar-refractivity contribution < 1.29 is 17.9 Å². The summed E-state index contributed by atoms with van der Waals surface area (Å²) in [5.41, 5.74) is 0.611. The summed E-state index contributed by atoms with van der Waals surface area (Å²) < 4.78 is 33.7. The van der Waals surface area contributed by atoms with Crippen molar-refractivity contribution in [2.45, 2.75) is 37.1 Å². The lowest BCUT2D eigenvalue weighted by atomic mass is 10.0. The number of carbonyl (C=O) groups excluding carboxylic acids is 1. The van der Waals surface area contributed by atoms with Crippen molar-refractivity contribution in [3.63, 3.8) is 0 Å². The largest absolute Gasteiger partial charge is 0.494 e. The summed E-state index contributed by atoms with van der Waals surface area (Å²) in [7, 11) is -3.75. The maximum atomic E-state index is 13.1. The summed E-state index contributed by atoms with van der Waals surface area (Å²) in [6.45, 7) is 2.80. The first-order valence-electron chi connectivity index (χ1n) is 9.23. The molecule has 1 aliphatic heterocycles. The molecule has 0 radical (unpaired) electrons. The summed E-state index contributed by atoms with van der Waals surface area (Å²) in [5.74, 6) is 0.405. The molecule has 0 saturated carbocycles. The third-order valence-electron chi connectivity index (χ3n) is 4.61. The van der Waals surface area contributed by atoms with Crippen molar-refractivity contribution in [2.75, 3.05) is 18.5 Å². The zero-order valence-electron chi connectivity index (χ0n) is 15.6. The number of benzene rings is 2. The van der Waals surface area contributed by atoms with Crippen molar-refractivity contribution >= 4 is 37.5 Å². The van der Waals surface area contributed by atoms with Gasteiger partial charge in [0.2, 0.25) is 15.9 Å². The fourth-order valence-corrected chi connectivity index (χ4v) is 5.14. The molecule has 0 aromatic heterocycles. The van der Waals surface area contributed by atoms with E-state index in [2.05, 4.69) is 21.2 Å². The quantitative estimate of drug-likeness (QED) is 0.696. The number of halogens is 1. The van der Waals surface area contributed by atoms with E-state index in [0.29, 0.717) is 25.3 Å². The highest BCUT2D eigenvalue weighted by Crippen LogP contribution is 2.27. The molecular weight excluding hydrogens is 444 g/mol. The lowest BCUT2D eigenvalue weighted by molar-refractivity contribution is -0.120. The molecule has 150 valence electrons. The molecule has 1 saturated heterocycles. The monoisotopic (exact) mass is 466 g/mol. The highest BCUT2D eigenvalue weighted by Gasteiger charge is 2.37. The Hall–Kier alpha value is -1.90. The van der Waals surface area contributed by atoms with E-state index in [4.69, 9.17) is 4.74 Å². The lowest BCUT2D eigenvalue weighted by Crippen LogP contribution is -2.49. The standard InChI is InChI=1S/C20H23BrN2O4S/c1-2-27-17-10-8-16(9-11-17)22-20(24)19-5-3-4-14-23(19)28(25,26)18-12-6-15(21)7-13-18/h6-13,19H,2-5,14H2,1H3,(H,22,24)/t19-/m0/s1. The minimum Gasteiger partial charge on any atom is -0.494 e. The van der Waals surface area contributed by atoms with Gasteiger partial charge in [0.25, 0.3) is 0 Å². The van der Waals surface area contributed by atoms with Crippen LogP contribution in [-0.2, 0) is 14.8 Å². The van der Waals surface area contributed by atoms with Gasteiger partial charge in [0.05, 0.1) is 11.5 Å². The summed E-state index contributed by atoms with van der Waals surface area (Å²) in [4.78, 5) is 13.1. The van der Waals surface area contributed by atoms with E-state index in [0.717, 1.165) is 23.1 Å². The Labute approximate surface area is 174 Å².